The molecule has 5 rings (SSSR count). The number of para-hydroxylation sites is 1. The lowest BCUT2D eigenvalue weighted by Gasteiger charge is -2.27. The number of carbonyl (C=O) groups excluding carboxylic acids is 1. The van der Waals surface area contributed by atoms with Crippen LogP contribution in [0.2, 0.25) is 0 Å². The van der Waals surface area contributed by atoms with Crippen molar-refractivity contribution in [3.8, 4) is 5.88 Å². The van der Waals surface area contributed by atoms with E-state index in [-0.39, 0.29) is 12.0 Å². The molecule has 1 saturated heterocycles. The SMILES string of the molecule is NC(=O)c1ccccc1N1CC2COCC2Oc2nc3[nH]ccc3cc21. The Balaban J connectivity index is 1.72. The zero-order valence-electron chi connectivity index (χ0n) is 14.0. The molecule has 0 bridgehead atoms. The van der Waals surface area contributed by atoms with Gasteiger partial charge in [-0.25, -0.2) is 0 Å². The van der Waals surface area contributed by atoms with Crippen LogP contribution in [0.5, 0.6) is 5.88 Å². The predicted octanol–water partition coefficient (Wildman–Crippen LogP) is 2.21. The van der Waals surface area contributed by atoms with Gasteiger partial charge in [-0.3, -0.25) is 4.79 Å². The molecule has 0 spiro atoms. The van der Waals surface area contributed by atoms with Crippen LogP contribution in [0.4, 0.5) is 11.4 Å². The Morgan fingerprint density at radius 1 is 1.23 bits per heavy atom. The summed E-state index contributed by atoms with van der Waals surface area (Å²) in [5, 5.41) is 0.984. The number of anilines is 2. The maximum absolute atomic E-state index is 12.0. The fourth-order valence-electron chi connectivity index (χ4n) is 3.74. The highest BCUT2D eigenvalue weighted by Crippen LogP contribution is 2.41. The summed E-state index contributed by atoms with van der Waals surface area (Å²) in [6.45, 7) is 1.82. The molecule has 2 aliphatic rings. The summed E-state index contributed by atoms with van der Waals surface area (Å²) in [7, 11) is 0. The molecule has 1 fully saturated rings. The first-order valence-electron chi connectivity index (χ1n) is 8.59. The third-order valence-electron chi connectivity index (χ3n) is 5.05. The van der Waals surface area contributed by atoms with E-state index in [9.17, 15) is 4.79 Å². The lowest BCUT2D eigenvalue weighted by Crippen LogP contribution is -2.32. The summed E-state index contributed by atoms with van der Waals surface area (Å²) in [4.78, 5) is 21.8. The van der Waals surface area contributed by atoms with Gasteiger partial charge in [-0.2, -0.15) is 4.98 Å². The van der Waals surface area contributed by atoms with Crippen molar-refractivity contribution < 1.29 is 14.3 Å². The van der Waals surface area contributed by atoms with Crippen molar-refractivity contribution >= 4 is 28.3 Å². The first-order chi connectivity index (χ1) is 12.7. The number of nitrogens with two attached hydrogens (primary N) is 1. The fraction of sp³-hybridized carbons (Fsp3) is 0.263. The molecule has 2 atom stereocenters. The van der Waals surface area contributed by atoms with Crippen molar-refractivity contribution in [3.63, 3.8) is 0 Å². The molecule has 0 radical (unpaired) electrons. The van der Waals surface area contributed by atoms with E-state index < -0.39 is 5.91 Å². The smallest absolute Gasteiger partial charge is 0.250 e. The average Bonchev–Trinajstić information content (AvgIpc) is 3.25. The first-order valence-corrected chi connectivity index (χ1v) is 8.59. The number of hydrogen-bond acceptors (Lipinski definition) is 5. The summed E-state index contributed by atoms with van der Waals surface area (Å²) < 4.78 is 11.8. The highest BCUT2D eigenvalue weighted by molar-refractivity contribution is 6.00. The molecule has 0 aliphatic carbocycles. The minimum atomic E-state index is -0.456. The van der Waals surface area contributed by atoms with Crippen molar-refractivity contribution in [2.45, 2.75) is 6.10 Å². The van der Waals surface area contributed by atoms with Crippen molar-refractivity contribution in [1.82, 2.24) is 9.97 Å². The largest absolute Gasteiger partial charge is 0.470 e. The number of fused-ring (bicyclic) bond motifs is 3. The quantitative estimate of drug-likeness (QED) is 0.739. The Bertz CT molecular complexity index is 999. The molecule has 4 heterocycles. The third-order valence-corrected chi connectivity index (χ3v) is 5.05. The summed E-state index contributed by atoms with van der Waals surface area (Å²) >= 11 is 0. The van der Waals surface area contributed by atoms with E-state index >= 15 is 0 Å². The number of ether oxygens (including phenoxy) is 2. The van der Waals surface area contributed by atoms with Crippen molar-refractivity contribution in [3.05, 3.63) is 48.2 Å². The number of amides is 1. The van der Waals surface area contributed by atoms with Crippen LogP contribution >= 0.6 is 0 Å². The number of hydrogen-bond donors (Lipinski definition) is 2. The number of carbonyl (C=O) groups is 1. The summed E-state index contributed by atoms with van der Waals surface area (Å²) in [6, 6.07) is 11.4. The van der Waals surface area contributed by atoms with Crippen molar-refractivity contribution in [2.75, 3.05) is 24.7 Å². The van der Waals surface area contributed by atoms with Gasteiger partial charge < -0.3 is 25.1 Å². The highest BCUT2D eigenvalue weighted by Gasteiger charge is 2.37. The maximum Gasteiger partial charge on any atom is 0.250 e. The summed E-state index contributed by atoms with van der Waals surface area (Å²) in [6.07, 6.45) is 1.79. The number of H-pyrrole nitrogens is 1. The number of rotatable bonds is 2. The van der Waals surface area contributed by atoms with Gasteiger partial charge in [-0.1, -0.05) is 12.1 Å². The minimum Gasteiger partial charge on any atom is -0.470 e. The Morgan fingerprint density at radius 3 is 3.00 bits per heavy atom. The van der Waals surface area contributed by atoms with Gasteiger partial charge in [0.05, 0.1) is 24.5 Å². The molecule has 0 saturated carbocycles. The number of aromatic amines is 1. The van der Waals surface area contributed by atoms with Crippen molar-refractivity contribution in [1.29, 1.82) is 0 Å². The van der Waals surface area contributed by atoms with Crippen LogP contribution < -0.4 is 15.4 Å². The van der Waals surface area contributed by atoms with E-state index in [1.165, 1.54) is 0 Å². The van der Waals surface area contributed by atoms with E-state index in [0.29, 0.717) is 31.2 Å². The number of primary amides is 1. The van der Waals surface area contributed by atoms with Crippen LogP contribution in [0.1, 0.15) is 10.4 Å². The molecule has 1 aromatic carbocycles. The molecule has 1 amide bonds. The van der Waals surface area contributed by atoms with E-state index in [1.807, 2.05) is 36.5 Å². The zero-order chi connectivity index (χ0) is 17.7. The summed E-state index contributed by atoms with van der Waals surface area (Å²) in [5.41, 5.74) is 8.46. The predicted molar refractivity (Wildman–Crippen MR) is 96.8 cm³/mol. The average molecular weight is 350 g/mol. The Labute approximate surface area is 149 Å². The van der Waals surface area contributed by atoms with Gasteiger partial charge in [-0.05, 0) is 24.3 Å². The number of pyridine rings is 1. The van der Waals surface area contributed by atoms with Crippen LogP contribution in [0.3, 0.4) is 0 Å². The molecule has 7 heteroatoms. The van der Waals surface area contributed by atoms with E-state index in [2.05, 4.69) is 14.9 Å². The number of aromatic nitrogens is 2. The van der Waals surface area contributed by atoms with Gasteiger partial charge in [0.1, 0.15) is 17.4 Å². The zero-order valence-corrected chi connectivity index (χ0v) is 14.0. The van der Waals surface area contributed by atoms with E-state index in [4.69, 9.17) is 15.2 Å². The topological polar surface area (TPSA) is 93.5 Å². The maximum atomic E-state index is 12.0. The van der Waals surface area contributed by atoms with Crippen LogP contribution in [0.15, 0.2) is 42.6 Å². The molecular weight excluding hydrogens is 332 g/mol. The second-order valence-electron chi connectivity index (χ2n) is 6.67. The normalized spacial score (nSPS) is 21.8. The van der Waals surface area contributed by atoms with Gasteiger partial charge in [-0.15, -0.1) is 0 Å². The molecule has 2 aliphatic heterocycles. The fourth-order valence-corrected chi connectivity index (χ4v) is 3.74. The Hall–Kier alpha value is -3.06. The molecule has 132 valence electrons. The molecule has 2 unspecified atom stereocenters. The van der Waals surface area contributed by atoms with Gasteiger partial charge in [0.25, 0.3) is 5.91 Å². The van der Waals surface area contributed by atoms with Crippen LogP contribution in [-0.4, -0.2) is 41.7 Å². The lowest BCUT2D eigenvalue weighted by atomic mass is 10.0. The first kappa shape index (κ1) is 15.2. The molecule has 2 aromatic heterocycles. The van der Waals surface area contributed by atoms with E-state index in [1.54, 1.807) is 6.07 Å². The highest BCUT2D eigenvalue weighted by atomic mass is 16.6. The van der Waals surface area contributed by atoms with Gasteiger partial charge in [0.15, 0.2) is 0 Å². The monoisotopic (exact) mass is 350 g/mol. The van der Waals surface area contributed by atoms with Gasteiger partial charge >= 0.3 is 0 Å². The Kier molecular flexibility index (Phi) is 3.36. The molecule has 26 heavy (non-hydrogen) atoms. The lowest BCUT2D eigenvalue weighted by molar-refractivity contribution is 0.100. The van der Waals surface area contributed by atoms with E-state index in [0.717, 1.165) is 22.4 Å². The molecule has 3 N–H and O–H groups in total. The standard InChI is InChI=1S/C19H18N4O3/c20-17(24)13-3-1-2-4-14(13)23-8-12-9-25-10-16(12)26-19-15(23)7-11-5-6-21-18(11)22-19/h1-7,12,16H,8-10H2,(H2,20,24)(H,21,22). The number of nitrogens with zero attached hydrogens (tertiary/aromatic N) is 2. The number of nitrogens with one attached hydrogen (secondary N) is 1. The minimum absolute atomic E-state index is 0.0561. The van der Waals surface area contributed by atoms with Crippen molar-refractivity contribution in [2.24, 2.45) is 11.7 Å². The second-order valence-corrected chi connectivity index (χ2v) is 6.67. The molecule has 7 nitrogen and oxygen atoms in total. The Morgan fingerprint density at radius 2 is 2.12 bits per heavy atom. The molecular formula is C19H18N4O3. The second kappa shape index (κ2) is 5.74. The van der Waals surface area contributed by atoms with Gasteiger partial charge in [0, 0.05) is 24.0 Å². The molecule has 3 aromatic rings. The van der Waals surface area contributed by atoms with Crippen LogP contribution in [-0.2, 0) is 4.74 Å². The van der Waals surface area contributed by atoms with Crippen LogP contribution in [0, 0.1) is 5.92 Å². The number of benzene rings is 1. The van der Waals surface area contributed by atoms with Crippen LogP contribution in [0.25, 0.3) is 11.0 Å². The van der Waals surface area contributed by atoms with Gasteiger partial charge in [0.2, 0.25) is 5.88 Å². The summed E-state index contributed by atoms with van der Waals surface area (Å²) in [5.74, 6) is 0.267. The third kappa shape index (κ3) is 2.32.